The van der Waals surface area contributed by atoms with Gasteiger partial charge in [-0.25, -0.2) is 0 Å². The zero-order chi connectivity index (χ0) is 75.5. The Labute approximate surface area is 615 Å². The van der Waals surface area contributed by atoms with Crippen molar-refractivity contribution in [2.45, 2.75) is 180 Å². The van der Waals surface area contributed by atoms with Gasteiger partial charge in [0.25, 0.3) is 0 Å². The molecule has 100 heavy (non-hydrogen) atoms. The summed E-state index contributed by atoms with van der Waals surface area (Å²) in [5.74, 6) is 2.96. The first kappa shape index (κ1) is 100. The summed E-state index contributed by atoms with van der Waals surface area (Å²) < 4.78 is 78.0. The second kappa shape index (κ2) is 62.0. The average molecular weight is 1580 g/mol. The monoisotopic (exact) mass is 1580 g/mol. The predicted molar refractivity (Wildman–Crippen MR) is 372 cm³/mol. The van der Waals surface area contributed by atoms with Gasteiger partial charge in [0.05, 0.1) is 132 Å². The molecule has 0 spiro atoms. The number of carbonyl (C=O) groups is 1. The van der Waals surface area contributed by atoms with Crippen LogP contribution < -0.4 is 16.8 Å². The summed E-state index contributed by atoms with van der Waals surface area (Å²) in [6.45, 7) is 6.94. The van der Waals surface area contributed by atoms with Gasteiger partial charge < -0.3 is 180 Å². The van der Waals surface area contributed by atoms with Crippen LogP contribution in [0.3, 0.4) is 0 Å². The van der Waals surface area contributed by atoms with E-state index in [0.717, 1.165) is 30.8 Å². The molecule has 0 aromatic rings. The van der Waals surface area contributed by atoms with E-state index in [1.54, 1.807) is 0 Å². The number of ether oxygens (including phenoxy) is 15. The van der Waals surface area contributed by atoms with Gasteiger partial charge in [-0.05, 0) is 18.6 Å². The lowest BCUT2D eigenvalue weighted by Gasteiger charge is -2.42. The molecule has 600 valence electrons. The molecule has 0 radical (unpaired) electrons. The number of thiol groups is 6. The fraction of sp³-hybridized carbons (Fsp3) is 0.982. The quantitative estimate of drug-likeness (QED) is 0.0200. The van der Waals surface area contributed by atoms with Crippen LogP contribution in [0.1, 0.15) is 26.2 Å². The highest BCUT2D eigenvalue weighted by molar-refractivity contribution is 7.81. The van der Waals surface area contributed by atoms with Gasteiger partial charge in [-0.3, -0.25) is 4.79 Å². The first-order valence-electron chi connectivity index (χ1n) is 32.4. The van der Waals surface area contributed by atoms with Crippen molar-refractivity contribution in [3.8, 4) is 0 Å². The summed E-state index contributed by atoms with van der Waals surface area (Å²) >= 11 is 23.9. The Balaban J connectivity index is 0.00000118. The van der Waals surface area contributed by atoms with Crippen molar-refractivity contribution in [3.63, 3.8) is 0 Å². The van der Waals surface area contributed by atoms with Crippen molar-refractivity contribution >= 4 is 81.7 Å². The molecule has 5 aliphatic rings. The molecule has 5 fully saturated rings. The summed E-state index contributed by atoms with van der Waals surface area (Å²) in [5.41, 5.74) is 11.0. The Bertz CT molecular complexity index is 1790. The highest BCUT2D eigenvalue weighted by atomic mass is 32.1. The van der Waals surface area contributed by atoms with Gasteiger partial charge in [-0.2, -0.15) is 75.8 Å². The van der Waals surface area contributed by atoms with Gasteiger partial charge in [0.1, 0.15) is 116 Å². The summed E-state index contributed by atoms with van der Waals surface area (Å²) in [6.07, 6.45) is -23.7. The van der Waals surface area contributed by atoms with Crippen LogP contribution >= 0.6 is 75.8 Å². The molecule has 5 aliphatic heterocycles. The average Bonchev–Trinajstić information content (AvgIpc) is 0.846. The van der Waals surface area contributed by atoms with E-state index in [0.29, 0.717) is 102 Å². The minimum absolute atomic E-state index is 0.242. The lowest BCUT2D eigenvalue weighted by atomic mass is 9.97. The number of amides is 1. The molecule has 25 atom stereocenters. The molecule has 43 heteroatoms. The molecule has 11 unspecified atom stereocenters. The van der Waals surface area contributed by atoms with E-state index in [-0.39, 0.29) is 38.9 Å². The second-order valence-corrected chi connectivity index (χ2v) is 24.6. The van der Waals surface area contributed by atoms with E-state index < -0.39 is 180 Å². The SMILES string of the molecule is CC(=O)NC1[C@H](OCCS)OC(CO)[C@@H](O)[C@@H]1O.NC1C(OCCCCCS)OC(CO)[C@@H](O)[C@@H]1O.NCCOCCOCCOCCOCCOCCS.OCC1O[C@@H](OCCS)C(O)[C@@H](O)[C@@H]1O.OCC1O[C@H](OCCS)C(O)[C@@H](O)[C@@H]1O.OCC1O[C@H](OCCS)C(O)[C@@H](O)[C@H]1O. The molecule has 5 rings (SSSR count). The number of nitrogens with one attached hydrogen (secondary N) is 1. The van der Waals surface area contributed by atoms with Crippen molar-refractivity contribution in [2.75, 3.05) is 173 Å². The largest absolute Gasteiger partial charge is 0.394 e. The number of rotatable bonds is 40. The number of unbranched alkanes of at least 4 members (excludes halogenated alkanes) is 2. The van der Waals surface area contributed by atoms with Crippen molar-refractivity contribution in [3.05, 3.63) is 0 Å². The van der Waals surface area contributed by atoms with Crippen LogP contribution in [-0.4, -0.2) is 424 Å². The van der Waals surface area contributed by atoms with Crippen LogP contribution in [0.2, 0.25) is 0 Å². The summed E-state index contributed by atoms with van der Waals surface area (Å²) in [4.78, 5) is 11.1. The Morgan fingerprint density at radius 1 is 0.330 bits per heavy atom. The van der Waals surface area contributed by atoms with Gasteiger partial charge in [0, 0.05) is 48.8 Å². The van der Waals surface area contributed by atoms with Crippen LogP contribution in [0.4, 0.5) is 0 Å². The highest BCUT2D eigenvalue weighted by Gasteiger charge is 2.48. The fourth-order valence-corrected chi connectivity index (χ4v) is 9.65. The number of carbonyl (C=O) groups excluding carboxylic acids is 1. The Morgan fingerprint density at radius 3 is 0.920 bits per heavy atom. The number of aliphatic hydroxyl groups excluding tert-OH is 18. The molecule has 0 aromatic heterocycles. The third-order valence-corrected chi connectivity index (χ3v) is 15.5. The smallest absolute Gasteiger partial charge is 0.217 e. The van der Waals surface area contributed by atoms with Crippen molar-refractivity contribution in [1.82, 2.24) is 5.32 Å². The Hall–Kier alpha value is 0.170. The zero-order valence-corrected chi connectivity index (χ0v) is 61.4. The third-order valence-electron chi connectivity index (χ3n) is 14.3. The number of aliphatic hydroxyl groups is 18. The molecule has 0 bridgehead atoms. The van der Waals surface area contributed by atoms with Gasteiger partial charge in [0.2, 0.25) is 5.91 Å². The van der Waals surface area contributed by atoms with Crippen molar-refractivity contribution in [1.29, 1.82) is 0 Å². The first-order chi connectivity index (χ1) is 47.9. The summed E-state index contributed by atoms with van der Waals surface area (Å²) in [5, 5.41) is 171. The molecule has 1 amide bonds. The summed E-state index contributed by atoms with van der Waals surface area (Å²) in [7, 11) is 0. The van der Waals surface area contributed by atoms with Gasteiger partial charge in [-0.1, -0.05) is 6.42 Å². The van der Waals surface area contributed by atoms with E-state index >= 15 is 0 Å². The van der Waals surface area contributed by atoms with Crippen molar-refractivity contribution < 1.29 is 168 Å². The Morgan fingerprint density at radius 2 is 0.610 bits per heavy atom. The highest BCUT2D eigenvalue weighted by Crippen LogP contribution is 2.26. The van der Waals surface area contributed by atoms with Crippen LogP contribution in [0, 0.1) is 0 Å². The first-order valence-corrected chi connectivity index (χ1v) is 36.2. The minimum Gasteiger partial charge on any atom is -0.394 e. The molecule has 5 heterocycles. The van der Waals surface area contributed by atoms with Crippen LogP contribution in [0.25, 0.3) is 0 Å². The van der Waals surface area contributed by atoms with E-state index in [1.807, 2.05) is 0 Å². The predicted octanol–water partition coefficient (Wildman–Crippen LogP) is -10.1. The number of hydrogen-bond donors (Lipinski definition) is 27. The molecule has 37 nitrogen and oxygen atoms in total. The standard InChI is InChI=1S/C12H27NO5S.C11H23NO5S.C10H19NO6S.3C8H16O6S/c13-1-2-14-3-4-15-5-6-16-7-8-17-9-10-18-11-12-19;12-8-10(15)9(14)7(6-13)17-11(8)16-4-2-1-3-5-18;1-5(13)11-7-9(15)8(14)6(4-12)17-10(7)16-2-3-18;3*9-3-4-5(10)6(11)7(12)8(14-4)13-1-2-15/h19H,1-13H2;7-11,13-15,18H,1-6,12H2;6-10,12,14-15,18H,2-4H2,1H3,(H,11,13);3*4-12,15H,1-3H2/t;7?,8?,9-,10-,11?;6?,7?,8-,9-,10-;4?,5-,6+,7?,8+;4?,5-,6+,7?,8-;4?,5-,6-,7?,8-/m.11110/s1. The number of nitrogens with two attached hydrogens (primary N) is 2. The van der Waals surface area contributed by atoms with Gasteiger partial charge in [-0.15, -0.1) is 0 Å². The van der Waals surface area contributed by atoms with Crippen LogP contribution in [-0.2, 0) is 75.8 Å². The lowest BCUT2D eigenvalue weighted by Crippen LogP contribution is -2.64. The molecular formula is C57H117N3O34S6. The normalized spacial score (nSPS) is 34.1. The molecule has 0 saturated carbocycles. The van der Waals surface area contributed by atoms with Crippen molar-refractivity contribution in [2.24, 2.45) is 11.5 Å². The third kappa shape index (κ3) is 39.5. The topological polar surface area (TPSA) is 584 Å². The maximum Gasteiger partial charge on any atom is 0.217 e. The molecule has 5 saturated heterocycles. The number of hydrogen-bond acceptors (Lipinski definition) is 42. The summed E-state index contributed by atoms with van der Waals surface area (Å²) in [6, 6.07) is -1.70. The van der Waals surface area contributed by atoms with E-state index in [1.165, 1.54) is 6.92 Å². The zero-order valence-electron chi connectivity index (χ0n) is 56.1. The van der Waals surface area contributed by atoms with E-state index in [2.05, 4.69) is 81.1 Å². The fourth-order valence-electron chi connectivity index (χ4n) is 8.88. The van der Waals surface area contributed by atoms with Gasteiger partial charge in [0.15, 0.2) is 31.5 Å². The molecule has 0 aromatic carbocycles. The van der Waals surface area contributed by atoms with Gasteiger partial charge >= 0.3 is 0 Å². The van der Waals surface area contributed by atoms with E-state index in [4.69, 9.17) is 108 Å². The second-order valence-electron chi connectivity index (χ2n) is 21.9. The molecular weight excluding hydrogens is 1460 g/mol. The van der Waals surface area contributed by atoms with Crippen LogP contribution in [0.5, 0.6) is 0 Å². The Kier molecular flexibility index (Phi) is 62.1. The van der Waals surface area contributed by atoms with Crippen LogP contribution in [0.15, 0.2) is 0 Å². The maximum atomic E-state index is 11.1. The molecule has 0 aliphatic carbocycles. The van der Waals surface area contributed by atoms with E-state index in [9.17, 15) is 71.2 Å². The lowest BCUT2D eigenvalue weighted by molar-refractivity contribution is -0.299. The minimum atomic E-state index is -1.39. The maximum absolute atomic E-state index is 11.1. The molecule has 23 N–H and O–H groups in total.